The van der Waals surface area contributed by atoms with Gasteiger partial charge in [0.25, 0.3) is 0 Å². The molecule has 1 saturated heterocycles. The molecule has 0 aromatic heterocycles. The molecule has 0 unspecified atom stereocenters. The summed E-state index contributed by atoms with van der Waals surface area (Å²) in [6, 6.07) is 6.62. The molecule has 1 aromatic carbocycles. The van der Waals surface area contributed by atoms with Crippen molar-refractivity contribution in [3.63, 3.8) is 0 Å². The van der Waals surface area contributed by atoms with Crippen molar-refractivity contribution in [1.82, 2.24) is 21.3 Å². The number of ketones is 1. The van der Waals surface area contributed by atoms with Gasteiger partial charge in [-0.2, -0.15) is 0 Å². The average molecular weight is 530 g/mol. The van der Waals surface area contributed by atoms with E-state index in [4.69, 9.17) is 5.73 Å². The van der Waals surface area contributed by atoms with Crippen molar-refractivity contribution in [3.8, 4) is 0 Å². The van der Waals surface area contributed by atoms with Crippen LogP contribution in [0.25, 0.3) is 0 Å². The summed E-state index contributed by atoms with van der Waals surface area (Å²) in [6.07, 6.45) is -0.142. The number of primary amides is 1. The topological polar surface area (TPSA) is 177 Å². The summed E-state index contributed by atoms with van der Waals surface area (Å²) in [6.45, 7) is 6.66. The molecule has 208 valence electrons. The first-order valence-electron chi connectivity index (χ1n) is 12.9. The zero-order valence-electron chi connectivity index (χ0n) is 22.5. The van der Waals surface area contributed by atoms with Crippen molar-refractivity contribution in [2.24, 2.45) is 17.6 Å². The summed E-state index contributed by atoms with van der Waals surface area (Å²) >= 11 is 0. The zero-order valence-corrected chi connectivity index (χ0v) is 22.5. The van der Waals surface area contributed by atoms with Gasteiger partial charge < -0.3 is 27.0 Å². The maximum Gasteiger partial charge on any atom is 0.247 e. The third-order valence-electron chi connectivity index (χ3n) is 6.73. The lowest BCUT2D eigenvalue weighted by molar-refractivity contribution is -0.138. The van der Waals surface area contributed by atoms with Gasteiger partial charge in [0.15, 0.2) is 5.78 Å². The fourth-order valence-corrected chi connectivity index (χ4v) is 4.15. The van der Waals surface area contributed by atoms with Crippen LogP contribution in [0.5, 0.6) is 0 Å². The van der Waals surface area contributed by atoms with E-state index < -0.39 is 58.9 Å². The lowest BCUT2D eigenvalue weighted by Gasteiger charge is -2.33. The quantitative estimate of drug-likeness (QED) is 0.346. The number of nitrogens with two attached hydrogens (primary N) is 1. The predicted molar refractivity (Wildman–Crippen MR) is 140 cm³/mol. The van der Waals surface area contributed by atoms with Crippen LogP contribution in [0.1, 0.15) is 71.4 Å². The molecule has 0 aliphatic carbocycles. The van der Waals surface area contributed by atoms with Crippen molar-refractivity contribution in [2.45, 2.75) is 77.4 Å². The highest BCUT2D eigenvalue weighted by Gasteiger charge is 2.39. The number of rotatable bonds is 7. The molecular weight excluding hydrogens is 490 g/mol. The number of hydrogen-bond acceptors (Lipinski definition) is 6. The van der Waals surface area contributed by atoms with Crippen LogP contribution in [-0.2, 0) is 28.8 Å². The van der Waals surface area contributed by atoms with Gasteiger partial charge >= 0.3 is 0 Å². The van der Waals surface area contributed by atoms with Crippen molar-refractivity contribution in [1.29, 1.82) is 0 Å². The van der Waals surface area contributed by atoms with E-state index in [0.29, 0.717) is 5.56 Å². The van der Waals surface area contributed by atoms with Crippen molar-refractivity contribution in [2.75, 3.05) is 6.54 Å². The molecule has 11 heteroatoms. The van der Waals surface area contributed by atoms with Crippen LogP contribution < -0.4 is 27.0 Å². The Morgan fingerprint density at radius 3 is 2.29 bits per heavy atom. The van der Waals surface area contributed by atoms with Crippen LogP contribution in [0.15, 0.2) is 30.3 Å². The lowest BCUT2D eigenvalue weighted by atomic mass is 9.84. The molecule has 1 heterocycles. The highest BCUT2D eigenvalue weighted by molar-refractivity contribution is 5.97. The molecule has 0 bridgehead atoms. The monoisotopic (exact) mass is 529 g/mol. The first-order valence-corrected chi connectivity index (χ1v) is 12.9. The van der Waals surface area contributed by atoms with Gasteiger partial charge in [0.05, 0.1) is 5.54 Å². The summed E-state index contributed by atoms with van der Waals surface area (Å²) in [4.78, 5) is 77.1. The van der Waals surface area contributed by atoms with Crippen molar-refractivity contribution < 1.29 is 28.8 Å². The number of carbonyl (C=O) groups is 6. The minimum atomic E-state index is -1.39. The third kappa shape index (κ3) is 8.39. The number of hydrogen-bond donors (Lipinski definition) is 5. The summed E-state index contributed by atoms with van der Waals surface area (Å²) in [7, 11) is 0. The molecule has 4 atom stereocenters. The molecule has 0 spiro atoms. The first kappa shape index (κ1) is 30.5. The van der Waals surface area contributed by atoms with Gasteiger partial charge in [0.1, 0.15) is 12.1 Å². The number of nitrogens with one attached hydrogen (secondary N) is 4. The van der Waals surface area contributed by atoms with Gasteiger partial charge in [-0.15, -0.1) is 0 Å². The van der Waals surface area contributed by atoms with E-state index in [1.807, 2.05) is 0 Å². The Bertz CT molecular complexity index is 1040. The molecule has 11 nitrogen and oxygen atoms in total. The molecule has 5 amide bonds. The summed E-state index contributed by atoms with van der Waals surface area (Å²) in [5, 5.41) is 10.9. The average Bonchev–Trinajstić information content (AvgIpc) is 2.87. The molecule has 1 aromatic rings. The second-order valence-electron chi connectivity index (χ2n) is 10.2. The van der Waals surface area contributed by atoms with Gasteiger partial charge in [-0.1, -0.05) is 51.1 Å². The van der Waals surface area contributed by atoms with Gasteiger partial charge in [0.2, 0.25) is 29.5 Å². The van der Waals surface area contributed by atoms with E-state index in [2.05, 4.69) is 21.3 Å². The molecule has 1 fully saturated rings. The van der Waals surface area contributed by atoms with Crippen LogP contribution in [0, 0.1) is 11.8 Å². The minimum Gasteiger partial charge on any atom is -0.370 e. The van der Waals surface area contributed by atoms with E-state index in [9.17, 15) is 28.8 Å². The maximum absolute atomic E-state index is 13.5. The maximum atomic E-state index is 13.5. The van der Waals surface area contributed by atoms with Crippen LogP contribution in [0.2, 0.25) is 0 Å². The van der Waals surface area contributed by atoms with Crippen molar-refractivity contribution >= 4 is 35.3 Å². The fourth-order valence-electron chi connectivity index (χ4n) is 4.15. The van der Waals surface area contributed by atoms with E-state index in [0.717, 1.165) is 0 Å². The van der Waals surface area contributed by atoms with Gasteiger partial charge in [-0.3, -0.25) is 28.8 Å². The molecule has 6 N–H and O–H groups in total. The van der Waals surface area contributed by atoms with Crippen LogP contribution in [0.4, 0.5) is 0 Å². The standard InChI is InChI=1S/C27H39N5O6/c1-5-19-25(37)31-22(17-9-7-6-8-10-17)26(38)29-14-13-27(4,32-23(35)16(2)3)20(33)15-18(24(36)30-19)11-12-21(28)34/h6-10,16,18-19,22H,5,11-15H2,1-4H3,(H2,28,34)(H,29,38)(H,30,36)(H,31,37)(H,32,35)/t18-,19+,22-,27-/m1/s1. The number of benzene rings is 1. The van der Waals surface area contributed by atoms with Crippen molar-refractivity contribution in [3.05, 3.63) is 35.9 Å². The van der Waals surface area contributed by atoms with E-state index in [1.165, 1.54) is 0 Å². The highest BCUT2D eigenvalue weighted by Crippen LogP contribution is 2.22. The van der Waals surface area contributed by atoms with E-state index in [-0.39, 0.29) is 44.6 Å². The first-order chi connectivity index (χ1) is 17.9. The Kier molecular flexibility index (Phi) is 11.0. The Labute approximate surface area is 223 Å². The Morgan fingerprint density at radius 1 is 1.05 bits per heavy atom. The lowest BCUT2D eigenvalue weighted by Crippen LogP contribution is -2.57. The fraction of sp³-hybridized carbons (Fsp3) is 0.556. The molecule has 0 saturated carbocycles. The van der Waals surface area contributed by atoms with E-state index in [1.54, 1.807) is 58.0 Å². The van der Waals surface area contributed by atoms with Crippen LogP contribution >= 0.6 is 0 Å². The second kappa shape index (κ2) is 13.7. The smallest absolute Gasteiger partial charge is 0.247 e. The Balaban J connectivity index is 2.48. The number of Topliss-reactive ketones (excluding diaryl/α,β-unsaturated/α-hetero) is 1. The summed E-state index contributed by atoms with van der Waals surface area (Å²) in [5.74, 6) is -4.40. The van der Waals surface area contributed by atoms with Gasteiger partial charge in [0, 0.05) is 31.2 Å². The highest BCUT2D eigenvalue weighted by atomic mass is 16.2. The second-order valence-corrected chi connectivity index (χ2v) is 10.2. The zero-order chi connectivity index (χ0) is 28.5. The molecule has 2 rings (SSSR count). The molecule has 1 aliphatic heterocycles. The molecule has 1 aliphatic rings. The number of amides is 5. The SMILES string of the molecule is CC[C@@H]1NC(=O)[C@H](CCC(N)=O)CC(=O)[C@](C)(NC(=O)C(C)C)CCNC(=O)[C@@H](c2ccccc2)NC1=O. The van der Waals surface area contributed by atoms with Crippen LogP contribution in [0.3, 0.4) is 0 Å². The molecule has 0 radical (unpaired) electrons. The number of carbonyl (C=O) groups excluding carboxylic acids is 6. The normalized spacial score (nSPS) is 25.6. The summed E-state index contributed by atoms with van der Waals surface area (Å²) < 4.78 is 0. The van der Waals surface area contributed by atoms with Gasteiger partial charge in [-0.05, 0) is 31.7 Å². The molecule has 38 heavy (non-hydrogen) atoms. The predicted octanol–water partition coefficient (Wildman–Crippen LogP) is 0.630. The van der Waals surface area contributed by atoms with E-state index >= 15 is 0 Å². The molecular formula is C27H39N5O6. The third-order valence-corrected chi connectivity index (χ3v) is 6.73. The summed E-state index contributed by atoms with van der Waals surface area (Å²) in [5.41, 5.74) is 4.44. The Morgan fingerprint density at radius 2 is 1.71 bits per heavy atom. The van der Waals surface area contributed by atoms with Crippen LogP contribution in [-0.4, -0.2) is 53.4 Å². The Hall–Kier alpha value is -3.76. The van der Waals surface area contributed by atoms with Gasteiger partial charge in [-0.25, -0.2) is 0 Å². The largest absolute Gasteiger partial charge is 0.370 e. The minimum absolute atomic E-state index is 0.00252.